The van der Waals surface area contributed by atoms with E-state index in [4.69, 9.17) is 5.73 Å². The number of rotatable bonds is 4. The fourth-order valence-electron chi connectivity index (χ4n) is 2.29. The summed E-state index contributed by atoms with van der Waals surface area (Å²) in [5, 5.41) is 10.2. The summed E-state index contributed by atoms with van der Waals surface area (Å²) in [6.45, 7) is 4.73. The van der Waals surface area contributed by atoms with Crippen LogP contribution >= 0.6 is 11.5 Å². The summed E-state index contributed by atoms with van der Waals surface area (Å²) in [4.78, 5) is 2.12. The molecule has 0 spiro atoms. The van der Waals surface area contributed by atoms with Crippen LogP contribution in [-0.2, 0) is 9.84 Å². The van der Waals surface area contributed by atoms with E-state index in [1.165, 1.54) is 0 Å². The maximum absolute atomic E-state index is 12.1. The van der Waals surface area contributed by atoms with E-state index in [1.807, 2.05) is 4.90 Å². The van der Waals surface area contributed by atoms with Crippen LogP contribution in [0.1, 0.15) is 20.3 Å². The van der Waals surface area contributed by atoms with Crippen LogP contribution in [0.15, 0.2) is 4.90 Å². The van der Waals surface area contributed by atoms with E-state index in [2.05, 4.69) is 4.37 Å². The van der Waals surface area contributed by atoms with Gasteiger partial charge in [0.05, 0.1) is 11.9 Å². The van der Waals surface area contributed by atoms with Crippen LogP contribution in [0.25, 0.3) is 0 Å². The molecule has 2 heterocycles. The van der Waals surface area contributed by atoms with Crippen molar-refractivity contribution in [3.05, 3.63) is 0 Å². The number of hydrogen-bond acceptors (Lipinski definition) is 7. The van der Waals surface area contributed by atoms with E-state index in [1.54, 1.807) is 13.8 Å². The van der Waals surface area contributed by atoms with Gasteiger partial charge in [-0.2, -0.15) is 4.37 Å². The first-order chi connectivity index (χ1) is 8.86. The lowest BCUT2D eigenvalue weighted by atomic mass is 10.0. The van der Waals surface area contributed by atoms with E-state index < -0.39 is 9.84 Å². The van der Waals surface area contributed by atoms with Gasteiger partial charge in [0, 0.05) is 19.0 Å². The Labute approximate surface area is 117 Å². The van der Waals surface area contributed by atoms with Gasteiger partial charge < -0.3 is 15.7 Å². The van der Waals surface area contributed by atoms with Gasteiger partial charge in [0.2, 0.25) is 0 Å². The highest BCUT2D eigenvalue weighted by Gasteiger charge is 2.32. The minimum absolute atomic E-state index is 0.0102. The van der Waals surface area contributed by atoms with E-state index in [-0.39, 0.29) is 28.5 Å². The molecule has 1 aromatic heterocycles. The van der Waals surface area contributed by atoms with Crippen LogP contribution in [0.2, 0.25) is 0 Å². The summed E-state index contributed by atoms with van der Waals surface area (Å²) in [6.07, 6.45) is 0.461. The second kappa shape index (κ2) is 5.26. The van der Waals surface area contributed by atoms with E-state index in [9.17, 15) is 13.5 Å². The van der Waals surface area contributed by atoms with Crippen molar-refractivity contribution in [2.24, 2.45) is 5.92 Å². The lowest BCUT2D eigenvalue weighted by Gasteiger charge is -2.18. The third-order valence-electron chi connectivity index (χ3n) is 3.54. The first kappa shape index (κ1) is 14.5. The standard InChI is InChI=1S/C11H19N3O3S2/c1-3-19(16,17)9-10(12)13-18-11(9)14-5-4-8(6-14)7(2)15/h7-8,15H,3-6H2,1-2H3,(H2,12,13). The molecule has 1 aliphatic heterocycles. The Kier molecular flexibility index (Phi) is 4.03. The van der Waals surface area contributed by atoms with Gasteiger partial charge in [0.15, 0.2) is 15.7 Å². The van der Waals surface area contributed by atoms with Crippen LogP contribution in [0.3, 0.4) is 0 Å². The molecular weight excluding hydrogens is 286 g/mol. The van der Waals surface area contributed by atoms with Crippen molar-refractivity contribution < 1.29 is 13.5 Å². The molecule has 0 aromatic carbocycles. The number of nitrogen functional groups attached to an aromatic ring is 1. The topological polar surface area (TPSA) is 96.5 Å². The lowest BCUT2D eigenvalue weighted by molar-refractivity contribution is 0.136. The van der Waals surface area contributed by atoms with Crippen molar-refractivity contribution in [2.45, 2.75) is 31.3 Å². The molecule has 0 radical (unpaired) electrons. The van der Waals surface area contributed by atoms with Crippen LogP contribution < -0.4 is 10.6 Å². The van der Waals surface area contributed by atoms with E-state index >= 15 is 0 Å². The Morgan fingerprint density at radius 2 is 2.32 bits per heavy atom. The lowest BCUT2D eigenvalue weighted by Crippen LogP contribution is -2.24. The third kappa shape index (κ3) is 2.70. The summed E-state index contributed by atoms with van der Waals surface area (Å²) in [5.74, 6) is 0.263. The number of nitrogens with zero attached hydrogens (tertiary/aromatic N) is 2. The monoisotopic (exact) mass is 305 g/mol. The van der Waals surface area contributed by atoms with Gasteiger partial charge >= 0.3 is 0 Å². The smallest absolute Gasteiger partial charge is 0.184 e. The molecule has 1 fully saturated rings. The van der Waals surface area contributed by atoms with E-state index in [0.29, 0.717) is 11.5 Å². The molecule has 19 heavy (non-hydrogen) atoms. The summed E-state index contributed by atoms with van der Waals surface area (Å²) < 4.78 is 28.2. The normalized spacial score (nSPS) is 21.8. The maximum atomic E-state index is 12.1. The van der Waals surface area contributed by atoms with Gasteiger partial charge in [-0.05, 0) is 24.9 Å². The number of anilines is 2. The molecule has 2 rings (SSSR count). The van der Waals surface area contributed by atoms with Crippen LogP contribution in [0, 0.1) is 5.92 Å². The quantitative estimate of drug-likeness (QED) is 0.851. The maximum Gasteiger partial charge on any atom is 0.184 e. The van der Waals surface area contributed by atoms with E-state index in [0.717, 1.165) is 24.5 Å². The number of hydrogen-bond donors (Lipinski definition) is 2. The Morgan fingerprint density at radius 3 is 2.84 bits per heavy atom. The van der Waals surface area contributed by atoms with Gasteiger partial charge in [-0.15, -0.1) is 0 Å². The first-order valence-corrected chi connectivity index (χ1v) is 8.70. The second-order valence-electron chi connectivity index (χ2n) is 4.84. The Morgan fingerprint density at radius 1 is 1.63 bits per heavy atom. The predicted octanol–water partition coefficient (Wildman–Crippen LogP) is 0.726. The van der Waals surface area contributed by atoms with Crippen molar-refractivity contribution in [1.82, 2.24) is 4.37 Å². The van der Waals surface area contributed by atoms with Crippen molar-refractivity contribution in [1.29, 1.82) is 0 Å². The molecule has 2 unspecified atom stereocenters. The zero-order valence-corrected chi connectivity index (χ0v) is 12.7. The average molecular weight is 305 g/mol. The molecule has 3 N–H and O–H groups in total. The molecule has 6 nitrogen and oxygen atoms in total. The minimum Gasteiger partial charge on any atom is -0.393 e. The number of aromatic nitrogens is 1. The number of sulfone groups is 1. The Balaban J connectivity index is 2.33. The molecule has 8 heteroatoms. The fourth-order valence-corrected chi connectivity index (χ4v) is 4.63. The molecule has 0 saturated carbocycles. The highest BCUT2D eigenvalue weighted by Crippen LogP contribution is 2.38. The van der Waals surface area contributed by atoms with Gasteiger partial charge in [0.1, 0.15) is 9.90 Å². The molecule has 0 bridgehead atoms. The Bertz CT molecular complexity index is 554. The number of aliphatic hydroxyl groups excluding tert-OH is 1. The molecule has 0 amide bonds. The summed E-state index contributed by atoms with van der Waals surface area (Å²) in [5.41, 5.74) is 5.71. The third-order valence-corrected chi connectivity index (χ3v) is 6.38. The summed E-state index contributed by atoms with van der Waals surface area (Å²) in [7, 11) is -3.37. The molecular formula is C11H19N3O3S2. The second-order valence-corrected chi connectivity index (χ2v) is 7.81. The molecule has 1 saturated heterocycles. The van der Waals surface area contributed by atoms with Gasteiger partial charge in [0.25, 0.3) is 0 Å². The fraction of sp³-hybridized carbons (Fsp3) is 0.727. The van der Waals surface area contributed by atoms with Gasteiger partial charge in [-0.1, -0.05) is 6.92 Å². The largest absolute Gasteiger partial charge is 0.393 e. The van der Waals surface area contributed by atoms with Gasteiger partial charge in [-0.3, -0.25) is 0 Å². The SMILES string of the molecule is CCS(=O)(=O)c1c(N)nsc1N1CCC(C(C)O)C1. The zero-order valence-electron chi connectivity index (χ0n) is 11.0. The summed E-state index contributed by atoms with van der Waals surface area (Å²) >= 11 is 1.12. The highest BCUT2D eigenvalue weighted by atomic mass is 32.2. The summed E-state index contributed by atoms with van der Waals surface area (Å²) in [6, 6.07) is 0. The Hall–Kier alpha value is -0.860. The number of nitrogens with two attached hydrogens (primary N) is 1. The van der Waals surface area contributed by atoms with Gasteiger partial charge in [-0.25, -0.2) is 8.42 Å². The van der Waals surface area contributed by atoms with Crippen molar-refractivity contribution in [3.63, 3.8) is 0 Å². The van der Waals surface area contributed by atoms with Crippen LogP contribution in [0.5, 0.6) is 0 Å². The van der Waals surface area contributed by atoms with Crippen molar-refractivity contribution >= 4 is 32.2 Å². The molecule has 1 aromatic rings. The van der Waals surface area contributed by atoms with Crippen molar-refractivity contribution in [2.75, 3.05) is 29.5 Å². The zero-order chi connectivity index (χ0) is 14.2. The molecule has 2 atom stereocenters. The van der Waals surface area contributed by atoms with Crippen LogP contribution in [-0.4, -0.2) is 42.8 Å². The first-order valence-electron chi connectivity index (χ1n) is 6.27. The molecule has 0 aliphatic carbocycles. The van der Waals surface area contributed by atoms with Crippen molar-refractivity contribution in [3.8, 4) is 0 Å². The minimum atomic E-state index is -3.37. The average Bonchev–Trinajstić information content (AvgIpc) is 2.95. The molecule has 1 aliphatic rings. The highest BCUT2D eigenvalue weighted by molar-refractivity contribution is 7.91. The molecule has 108 valence electrons. The predicted molar refractivity (Wildman–Crippen MR) is 76.3 cm³/mol. The number of aliphatic hydroxyl groups is 1. The van der Waals surface area contributed by atoms with Crippen LogP contribution in [0.4, 0.5) is 10.8 Å².